The van der Waals surface area contributed by atoms with Gasteiger partial charge in [0.2, 0.25) is 0 Å². The highest BCUT2D eigenvalue weighted by atomic mass is 16.3. The number of rotatable bonds is 6. The minimum Gasteiger partial charge on any atom is -0.396 e. The SMILES string of the molecule is CC(C)N(CCCO)Cc1cn(C)nn1. The van der Waals surface area contributed by atoms with Crippen LogP contribution in [0.25, 0.3) is 0 Å². The van der Waals surface area contributed by atoms with E-state index in [1.54, 1.807) is 4.68 Å². The number of hydrogen-bond donors (Lipinski definition) is 1. The molecule has 1 aromatic heterocycles. The lowest BCUT2D eigenvalue weighted by molar-refractivity contribution is 0.183. The number of aliphatic hydroxyl groups is 1. The van der Waals surface area contributed by atoms with Crippen LogP contribution in [-0.2, 0) is 13.6 Å². The number of aromatic nitrogens is 3. The van der Waals surface area contributed by atoms with Gasteiger partial charge in [0.05, 0.1) is 5.69 Å². The normalized spacial score (nSPS) is 11.6. The van der Waals surface area contributed by atoms with Gasteiger partial charge in [0.25, 0.3) is 0 Å². The topological polar surface area (TPSA) is 54.2 Å². The molecule has 0 radical (unpaired) electrons. The quantitative estimate of drug-likeness (QED) is 0.742. The molecule has 0 aliphatic rings. The number of aliphatic hydroxyl groups excluding tert-OH is 1. The first-order chi connectivity index (χ1) is 7.13. The molecule has 1 N–H and O–H groups in total. The van der Waals surface area contributed by atoms with Crippen LogP contribution in [-0.4, -0.2) is 44.2 Å². The van der Waals surface area contributed by atoms with Gasteiger partial charge in [-0.2, -0.15) is 0 Å². The van der Waals surface area contributed by atoms with Crippen LogP contribution in [0.1, 0.15) is 26.0 Å². The predicted molar refractivity (Wildman–Crippen MR) is 58.3 cm³/mol. The summed E-state index contributed by atoms with van der Waals surface area (Å²) < 4.78 is 1.71. The van der Waals surface area contributed by atoms with Crippen molar-refractivity contribution in [2.45, 2.75) is 32.9 Å². The molecule has 0 aromatic carbocycles. The molecule has 0 spiro atoms. The third-order valence-electron chi connectivity index (χ3n) is 2.35. The first-order valence-electron chi connectivity index (χ1n) is 5.33. The zero-order valence-electron chi connectivity index (χ0n) is 9.72. The molecule has 5 heteroatoms. The van der Waals surface area contributed by atoms with E-state index < -0.39 is 0 Å². The summed E-state index contributed by atoms with van der Waals surface area (Å²) in [6, 6.07) is 0.457. The summed E-state index contributed by atoms with van der Waals surface area (Å²) in [5, 5.41) is 16.8. The molecule has 1 aromatic rings. The maximum Gasteiger partial charge on any atom is 0.0967 e. The standard InChI is InChI=1S/C10H20N4O/c1-9(2)14(5-4-6-15)8-10-7-13(3)12-11-10/h7,9,15H,4-6,8H2,1-3H3. The van der Waals surface area contributed by atoms with E-state index in [4.69, 9.17) is 5.11 Å². The molecular formula is C10H20N4O. The fourth-order valence-electron chi connectivity index (χ4n) is 1.47. The Balaban J connectivity index is 2.50. The van der Waals surface area contributed by atoms with Crippen molar-refractivity contribution in [2.24, 2.45) is 7.05 Å². The second-order valence-corrected chi connectivity index (χ2v) is 4.02. The maximum absolute atomic E-state index is 8.81. The largest absolute Gasteiger partial charge is 0.396 e. The van der Waals surface area contributed by atoms with E-state index in [2.05, 4.69) is 29.1 Å². The number of nitrogens with zero attached hydrogens (tertiary/aromatic N) is 4. The summed E-state index contributed by atoms with van der Waals surface area (Å²) in [6.07, 6.45) is 2.73. The second kappa shape index (κ2) is 5.82. The zero-order valence-corrected chi connectivity index (χ0v) is 9.72. The van der Waals surface area contributed by atoms with Crippen LogP contribution in [0.2, 0.25) is 0 Å². The zero-order chi connectivity index (χ0) is 11.3. The highest BCUT2D eigenvalue weighted by Crippen LogP contribution is 2.05. The third kappa shape index (κ3) is 3.97. The fraction of sp³-hybridized carbons (Fsp3) is 0.800. The minimum atomic E-state index is 0.240. The Bertz CT molecular complexity index is 285. The highest BCUT2D eigenvalue weighted by molar-refractivity contribution is 4.92. The van der Waals surface area contributed by atoms with E-state index in [0.29, 0.717) is 6.04 Å². The molecule has 86 valence electrons. The van der Waals surface area contributed by atoms with Gasteiger partial charge < -0.3 is 5.11 Å². The molecule has 0 aliphatic heterocycles. The molecule has 0 saturated heterocycles. The molecule has 5 nitrogen and oxygen atoms in total. The van der Waals surface area contributed by atoms with Gasteiger partial charge >= 0.3 is 0 Å². The fourth-order valence-corrected chi connectivity index (χ4v) is 1.47. The van der Waals surface area contributed by atoms with Crippen LogP contribution in [0.4, 0.5) is 0 Å². The first-order valence-corrected chi connectivity index (χ1v) is 5.33. The third-order valence-corrected chi connectivity index (χ3v) is 2.35. The molecule has 1 rings (SSSR count). The van der Waals surface area contributed by atoms with Gasteiger partial charge in [-0.1, -0.05) is 5.21 Å². The van der Waals surface area contributed by atoms with Gasteiger partial charge in [0.15, 0.2) is 0 Å². The molecule has 0 aliphatic carbocycles. The average Bonchev–Trinajstić information content (AvgIpc) is 2.58. The van der Waals surface area contributed by atoms with Crippen LogP contribution in [0, 0.1) is 0 Å². The Morgan fingerprint density at radius 2 is 2.27 bits per heavy atom. The van der Waals surface area contributed by atoms with E-state index in [1.807, 2.05) is 13.2 Å². The van der Waals surface area contributed by atoms with Crippen molar-refractivity contribution in [3.8, 4) is 0 Å². The highest BCUT2D eigenvalue weighted by Gasteiger charge is 2.11. The first kappa shape index (κ1) is 12.1. The van der Waals surface area contributed by atoms with Crippen LogP contribution in [0.3, 0.4) is 0 Å². The molecular weight excluding hydrogens is 192 g/mol. The molecule has 0 saturated carbocycles. The number of hydrogen-bond acceptors (Lipinski definition) is 4. The molecule has 0 atom stereocenters. The van der Waals surface area contributed by atoms with Gasteiger partial charge in [0.1, 0.15) is 0 Å². The Morgan fingerprint density at radius 3 is 2.73 bits per heavy atom. The van der Waals surface area contributed by atoms with Crippen LogP contribution >= 0.6 is 0 Å². The van der Waals surface area contributed by atoms with E-state index in [-0.39, 0.29) is 6.61 Å². The van der Waals surface area contributed by atoms with Crippen LogP contribution in [0.15, 0.2) is 6.20 Å². The van der Waals surface area contributed by atoms with Crippen LogP contribution in [0.5, 0.6) is 0 Å². The Morgan fingerprint density at radius 1 is 1.53 bits per heavy atom. The van der Waals surface area contributed by atoms with Gasteiger partial charge in [-0.3, -0.25) is 9.58 Å². The molecule has 0 bridgehead atoms. The summed E-state index contributed by atoms with van der Waals surface area (Å²) in [4.78, 5) is 2.28. The van der Waals surface area contributed by atoms with E-state index >= 15 is 0 Å². The van der Waals surface area contributed by atoms with Gasteiger partial charge in [-0.25, -0.2) is 0 Å². The van der Waals surface area contributed by atoms with E-state index in [1.165, 1.54) is 0 Å². The van der Waals surface area contributed by atoms with E-state index in [9.17, 15) is 0 Å². The molecule has 1 heterocycles. The van der Waals surface area contributed by atoms with Gasteiger partial charge in [-0.05, 0) is 20.3 Å². The van der Waals surface area contributed by atoms with Crippen molar-refractivity contribution in [3.63, 3.8) is 0 Å². The molecule has 15 heavy (non-hydrogen) atoms. The van der Waals surface area contributed by atoms with Gasteiger partial charge in [0, 0.05) is 39.0 Å². The molecule has 0 amide bonds. The summed E-state index contributed by atoms with van der Waals surface area (Å²) in [7, 11) is 1.87. The average molecular weight is 212 g/mol. The lowest BCUT2D eigenvalue weighted by Gasteiger charge is -2.24. The van der Waals surface area contributed by atoms with Crippen molar-refractivity contribution < 1.29 is 5.11 Å². The Labute approximate surface area is 90.7 Å². The predicted octanol–water partition coefficient (Wildman–Crippen LogP) is 0.408. The minimum absolute atomic E-state index is 0.240. The monoisotopic (exact) mass is 212 g/mol. The Hall–Kier alpha value is -0.940. The lowest BCUT2D eigenvalue weighted by Crippen LogP contribution is -2.31. The van der Waals surface area contributed by atoms with Crippen molar-refractivity contribution in [1.82, 2.24) is 19.9 Å². The Kier molecular flexibility index (Phi) is 4.71. The number of aryl methyl sites for hydroxylation is 1. The molecule has 0 unspecified atom stereocenters. The summed E-state index contributed by atoms with van der Waals surface area (Å²) in [5.41, 5.74) is 0.976. The van der Waals surface area contributed by atoms with Crippen molar-refractivity contribution in [2.75, 3.05) is 13.2 Å². The van der Waals surface area contributed by atoms with Crippen molar-refractivity contribution in [3.05, 3.63) is 11.9 Å². The smallest absolute Gasteiger partial charge is 0.0967 e. The van der Waals surface area contributed by atoms with E-state index in [0.717, 1.165) is 25.2 Å². The maximum atomic E-state index is 8.81. The van der Waals surface area contributed by atoms with Crippen molar-refractivity contribution >= 4 is 0 Å². The summed E-state index contributed by atoms with van der Waals surface area (Å²) >= 11 is 0. The van der Waals surface area contributed by atoms with Crippen LogP contribution < -0.4 is 0 Å². The van der Waals surface area contributed by atoms with Crippen molar-refractivity contribution in [1.29, 1.82) is 0 Å². The molecule has 0 fully saturated rings. The summed E-state index contributed by atoms with van der Waals surface area (Å²) in [6.45, 7) is 6.22. The second-order valence-electron chi connectivity index (χ2n) is 4.02. The summed E-state index contributed by atoms with van der Waals surface area (Å²) in [5.74, 6) is 0. The van der Waals surface area contributed by atoms with Gasteiger partial charge in [-0.15, -0.1) is 5.10 Å². The lowest BCUT2D eigenvalue weighted by atomic mass is 10.2.